The molecule has 6 heteroatoms. The number of nitrogens with zero attached hydrogens (tertiary/aromatic N) is 2. The van der Waals surface area contributed by atoms with Crippen molar-refractivity contribution in [3.63, 3.8) is 0 Å². The molecule has 138 valence electrons. The predicted molar refractivity (Wildman–Crippen MR) is 107 cm³/mol. The third-order valence-electron chi connectivity index (χ3n) is 5.14. The molecule has 0 bridgehead atoms. The van der Waals surface area contributed by atoms with Crippen LogP contribution in [0.4, 0.5) is 5.82 Å². The smallest absolute Gasteiger partial charge is 0.225 e. The van der Waals surface area contributed by atoms with E-state index in [1.54, 1.807) is 12.4 Å². The minimum absolute atomic E-state index is 0.0274. The third kappa shape index (κ3) is 3.88. The Morgan fingerprint density at radius 1 is 1.19 bits per heavy atom. The molecule has 0 saturated heterocycles. The van der Waals surface area contributed by atoms with E-state index in [2.05, 4.69) is 27.4 Å². The average molecular weight is 381 g/mol. The molecule has 4 rings (SSSR count). The van der Waals surface area contributed by atoms with Crippen LogP contribution in [0, 0.1) is 0 Å². The Kier molecular flexibility index (Phi) is 4.70. The number of amides is 1. The minimum atomic E-state index is -0.0274. The Balaban J connectivity index is 1.51. The van der Waals surface area contributed by atoms with Crippen molar-refractivity contribution in [2.75, 3.05) is 5.32 Å². The maximum Gasteiger partial charge on any atom is 0.225 e. The van der Waals surface area contributed by atoms with Crippen molar-refractivity contribution in [3.8, 4) is 11.3 Å². The number of carbonyl (C=O) groups is 1. The van der Waals surface area contributed by atoms with E-state index in [0.717, 1.165) is 35.2 Å². The van der Waals surface area contributed by atoms with Crippen LogP contribution in [0.3, 0.4) is 0 Å². The van der Waals surface area contributed by atoms with Gasteiger partial charge in [0.25, 0.3) is 0 Å². The standard InChI is InChI=1S/C21H21ClN4O/c1-21(10-11-21)18-19(15-8-12-23-13-9-15)25-26-20(18)24-17(27)7-4-14-2-5-16(22)6-3-14/h2-3,5-6,8-9,12-13H,4,7,10-11H2,1H3,(H2,24,25,26,27). The second-order valence-corrected chi connectivity index (χ2v) is 7.73. The van der Waals surface area contributed by atoms with Gasteiger partial charge in [-0.3, -0.25) is 14.9 Å². The fraction of sp³-hybridized carbons (Fsp3) is 0.286. The highest BCUT2D eigenvalue weighted by Gasteiger charge is 2.44. The Hall–Kier alpha value is -2.66. The largest absolute Gasteiger partial charge is 0.311 e. The van der Waals surface area contributed by atoms with Crippen molar-refractivity contribution in [2.24, 2.45) is 0 Å². The van der Waals surface area contributed by atoms with E-state index in [1.807, 2.05) is 36.4 Å². The molecule has 0 spiro atoms. The lowest BCUT2D eigenvalue weighted by Crippen LogP contribution is -2.15. The van der Waals surface area contributed by atoms with Gasteiger partial charge in [0, 0.05) is 35.0 Å². The van der Waals surface area contributed by atoms with Crippen LogP contribution in [0.2, 0.25) is 5.02 Å². The van der Waals surface area contributed by atoms with Gasteiger partial charge in [0.2, 0.25) is 5.91 Å². The molecule has 5 nitrogen and oxygen atoms in total. The van der Waals surface area contributed by atoms with E-state index in [4.69, 9.17) is 11.6 Å². The molecule has 2 aromatic heterocycles. The number of carbonyl (C=O) groups excluding carboxylic acids is 1. The molecule has 0 aliphatic heterocycles. The second kappa shape index (κ2) is 7.16. The molecule has 0 unspecified atom stereocenters. The Morgan fingerprint density at radius 2 is 1.89 bits per heavy atom. The van der Waals surface area contributed by atoms with Crippen LogP contribution in [0.5, 0.6) is 0 Å². The average Bonchev–Trinajstić information content (AvgIpc) is 3.28. The van der Waals surface area contributed by atoms with E-state index in [-0.39, 0.29) is 11.3 Å². The molecule has 27 heavy (non-hydrogen) atoms. The van der Waals surface area contributed by atoms with Crippen molar-refractivity contribution in [1.29, 1.82) is 0 Å². The lowest BCUT2D eigenvalue weighted by Gasteiger charge is -2.13. The molecular formula is C21H21ClN4O. The summed E-state index contributed by atoms with van der Waals surface area (Å²) in [5, 5.41) is 11.3. The molecule has 1 saturated carbocycles. The van der Waals surface area contributed by atoms with Gasteiger partial charge in [0.05, 0.1) is 5.69 Å². The van der Waals surface area contributed by atoms with Gasteiger partial charge in [0.1, 0.15) is 5.82 Å². The predicted octanol–water partition coefficient (Wildman–Crippen LogP) is 4.75. The van der Waals surface area contributed by atoms with Gasteiger partial charge in [-0.2, -0.15) is 5.10 Å². The SMILES string of the molecule is CC1(c2c(-c3ccncc3)n[nH]c2NC(=O)CCc2ccc(Cl)cc2)CC1. The molecular weight excluding hydrogens is 360 g/mol. The quantitative estimate of drug-likeness (QED) is 0.648. The Labute approximate surface area is 163 Å². The highest BCUT2D eigenvalue weighted by molar-refractivity contribution is 6.30. The second-order valence-electron chi connectivity index (χ2n) is 7.29. The van der Waals surface area contributed by atoms with Crippen LogP contribution >= 0.6 is 11.6 Å². The summed E-state index contributed by atoms with van der Waals surface area (Å²) in [7, 11) is 0. The zero-order valence-electron chi connectivity index (χ0n) is 15.1. The maximum atomic E-state index is 12.5. The van der Waals surface area contributed by atoms with Gasteiger partial charge in [-0.15, -0.1) is 0 Å². The van der Waals surface area contributed by atoms with Crippen LogP contribution in [0.1, 0.15) is 37.3 Å². The number of nitrogens with one attached hydrogen (secondary N) is 2. The fourth-order valence-electron chi connectivity index (χ4n) is 3.29. The van der Waals surface area contributed by atoms with Gasteiger partial charge < -0.3 is 5.32 Å². The highest BCUT2D eigenvalue weighted by Crippen LogP contribution is 2.52. The fourth-order valence-corrected chi connectivity index (χ4v) is 3.41. The van der Waals surface area contributed by atoms with Gasteiger partial charge in [-0.05, 0) is 54.5 Å². The van der Waals surface area contributed by atoms with Crippen LogP contribution in [0.25, 0.3) is 11.3 Å². The number of anilines is 1. The number of hydrogen-bond acceptors (Lipinski definition) is 3. The summed E-state index contributed by atoms with van der Waals surface area (Å²) >= 11 is 5.91. The molecule has 1 amide bonds. The molecule has 2 N–H and O–H groups in total. The molecule has 1 fully saturated rings. The number of hydrogen-bond donors (Lipinski definition) is 2. The molecule has 3 aromatic rings. The first-order valence-electron chi connectivity index (χ1n) is 9.09. The Morgan fingerprint density at radius 3 is 2.56 bits per heavy atom. The number of rotatable bonds is 6. The Bertz CT molecular complexity index is 946. The first kappa shape index (κ1) is 17.7. The highest BCUT2D eigenvalue weighted by atomic mass is 35.5. The van der Waals surface area contributed by atoms with E-state index in [9.17, 15) is 4.79 Å². The van der Waals surface area contributed by atoms with Crippen LogP contribution in [-0.2, 0) is 16.6 Å². The number of benzene rings is 1. The van der Waals surface area contributed by atoms with E-state index in [1.165, 1.54) is 0 Å². The van der Waals surface area contributed by atoms with E-state index >= 15 is 0 Å². The number of aromatic amines is 1. The lowest BCUT2D eigenvalue weighted by atomic mass is 9.94. The van der Waals surface area contributed by atoms with Crippen molar-refractivity contribution < 1.29 is 4.79 Å². The number of aromatic nitrogens is 3. The number of aryl methyl sites for hydroxylation is 1. The van der Waals surface area contributed by atoms with Crippen LogP contribution < -0.4 is 5.32 Å². The molecule has 1 aliphatic rings. The summed E-state index contributed by atoms with van der Waals surface area (Å²) in [6.45, 7) is 2.21. The summed E-state index contributed by atoms with van der Waals surface area (Å²) in [4.78, 5) is 16.6. The number of H-pyrrole nitrogens is 1. The summed E-state index contributed by atoms with van der Waals surface area (Å²) in [6.07, 6.45) is 6.78. The van der Waals surface area contributed by atoms with Gasteiger partial charge in [-0.25, -0.2) is 0 Å². The summed E-state index contributed by atoms with van der Waals surface area (Å²) in [5.41, 5.74) is 4.14. The maximum absolute atomic E-state index is 12.5. The van der Waals surface area contributed by atoms with E-state index in [0.29, 0.717) is 23.7 Å². The first-order valence-corrected chi connectivity index (χ1v) is 9.46. The molecule has 1 aliphatic carbocycles. The molecule has 0 radical (unpaired) electrons. The minimum Gasteiger partial charge on any atom is -0.311 e. The molecule has 2 heterocycles. The third-order valence-corrected chi connectivity index (χ3v) is 5.39. The van der Waals surface area contributed by atoms with E-state index < -0.39 is 0 Å². The monoisotopic (exact) mass is 380 g/mol. The van der Waals surface area contributed by atoms with Crippen LogP contribution in [-0.4, -0.2) is 21.1 Å². The number of halogens is 1. The first-order chi connectivity index (χ1) is 13.0. The summed E-state index contributed by atoms with van der Waals surface area (Å²) in [5.74, 6) is 0.684. The van der Waals surface area contributed by atoms with Crippen molar-refractivity contribution in [1.82, 2.24) is 15.2 Å². The topological polar surface area (TPSA) is 70.7 Å². The van der Waals surface area contributed by atoms with Crippen molar-refractivity contribution >= 4 is 23.3 Å². The number of pyridine rings is 1. The lowest BCUT2D eigenvalue weighted by molar-refractivity contribution is -0.116. The summed E-state index contributed by atoms with van der Waals surface area (Å²) < 4.78 is 0. The molecule has 0 atom stereocenters. The van der Waals surface area contributed by atoms with Crippen LogP contribution in [0.15, 0.2) is 48.8 Å². The summed E-state index contributed by atoms with van der Waals surface area (Å²) in [6, 6.07) is 11.5. The zero-order chi connectivity index (χ0) is 18.9. The normalized spacial score (nSPS) is 14.7. The van der Waals surface area contributed by atoms with Crippen molar-refractivity contribution in [2.45, 2.75) is 38.0 Å². The van der Waals surface area contributed by atoms with Crippen molar-refractivity contribution in [3.05, 3.63) is 64.9 Å². The van der Waals surface area contributed by atoms with Gasteiger partial charge >= 0.3 is 0 Å². The zero-order valence-corrected chi connectivity index (χ0v) is 15.9. The molecule has 1 aromatic carbocycles. The van der Waals surface area contributed by atoms with Gasteiger partial charge in [-0.1, -0.05) is 30.7 Å². The van der Waals surface area contributed by atoms with Gasteiger partial charge in [0.15, 0.2) is 0 Å².